The quantitative estimate of drug-likeness (QED) is 0.650. The summed E-state index contributed by atoms with van der Waals surface area (Å²) in [6, 6.07) is 5.62. The molecule has 0 saturated heterocycles. The van der Waals surface area contributed by atoms with Gasteiger partial charge in [0.2, 0.25) is 0 Å². The van der Waals surface area contributed by atoms with Crippen LogP contribution >= 0.6 is 0 Å². The van der Waals surface area contributed by atoms with Crippen LogP contribution in [0.1, 0.15) is 12.0 Å². The van der Waals surface area contributed by atoms with E-state index in [0.717, 1.165) is 6.54 Å². The Labute approximate surface area is 97.8 Å². The first-order valence-corrected chi connectivity index (χ1v) is 5.00. The molecule has 0 aliphatic heterocycles. The van der Waals surface area contributed by atoms with Crippen LogP contribution in [-0.4, -0.2) is 20.0 Å². The molecule has 0 saturated carbocycles. The fourth-order valence-corrected chi connectivity index (χ4v) is 1.12. The Morgan fingerprint density at radius 1 is 1.35 bits per heavy atom. The monoisotopic (exact) mass is 243 g/mol. The third-order valence-corrected chi connectivity index (χ3v) is 1.80. The van der Waals surface area contributed by atoms with Crippen LogP contribution < -0.4 is 10.1 Å². The van der Waals surface area contributed by atoms with E-state index >= 15 is 0 Å². The Balaban J connectivity index is 2.68. The van der Waals surface area contributed by atoms with Gasteiger partial charge in [-0.1, -0.05) is 17.9 Å². The fourth-order valence-electron chi connectivity index (χ4n) is 1.12. The van der Waals surface area contributed by atoms with Gasteiger partial charge in [0.05, 0.1) is 0 Å². The molecule has 0 spiro atoms. The predicted octanol–water partition coefficient (Wildman–Crippen LogP) is 2.55. The van der Waals surface area contributed by atoms with E-state index in [9.17, 15) is 13.2 Å². The Hall–Kier alpha value is -1.67. The molecule has 0 aromatic heterocycles. The van der Waals surface area contributed by atoms with Gasteiger partial charge in [-0.25, -0.2) is 0 Å². The molecule has 0 aliphatic rings. The Morgan fingerprint density at radius 3 is 2.76 bits per heavy atom. The number of nitrogens with one attached hydrogen (secondary N) is 1. The van der Waals surface area contributed by atoms with Gasteiger partial charge in [-0.05, 0) is 25.2 Å². The predicted molar refractivity (Wildman–Crippen MR) is 58.5 cm³/mol. The Kier molecular flexibility index (Phi) is 4.85. The van der Waals surface area contributed by atoms with Crippen molar-refractivity contribution in [2.24, 2.45) is 0 Å². The van der Waals surface area contributed by atoms with Crippen LogP contribution in [0, 0.1) is 11.8 Å². The van der Waals surface area contributed by atoms with E-state index in [1.807, 2.05) is 0 Å². The van der Waals surface area contributed by atoms with Crippen LogP contribution in [0.5, 0.6) is 5.75 Å². The van der Waals surface area contributed by atoms with Crippen molar-refractivity contribution in [1.82, 2.24) is 5.32 Å². The molecule has 0 amide bonds. The summed E-state index contributed by atoms with van der Waals surface area (Å²) in [6.45, 7) is 0.742. The first-order chi connectivity index (χ1) is 8.01. The molecule has 1 aromatic rings. The van der Waals surface area contributed by atoms with Crippen molar-refractivity contribution >= 4 is 0 Å². The summed E-state index contributed by atoms with van der Waals surface area (Å²) in [5, 5.41) is 2.92. The Bertz CT molecular complexity index is 418. The molecular weight excluding hydrogens is 231 g/mol. The third-order valence-electron chi connectivity index (χ3n) is 1.80. The lowest BCUT2D eigenvalue weighted by atomic mass is 10.2. The average Bonchev–Trinajstić information content (AvgIpc) is 2.23. The molecule has 0 bridgehead atoms. The highest BCUT2D eigenvalue weighted by molar-refractivity contribution is 5.39. The van der Waals surface area contributed by atoms with Crippen molar-refractivity contribution in [2.75, 3.05) is 13.6 Å². The minimum Gasteiger partial charge on any atom is -0.406 e. The topological polar surface area (TPSA) is 21.3 Å². The van der Waals surface area contributed by atoms with Gasteiger partial charge in [-0.3, -0.25) is 0 Å². The number of halogens is 3. The van der Waals surface area contributed by atoms with Crippen molar-refractivity contribution in [3.8, 4) is 17.6 Å². The SMILES string of the molecule is CNCCC#Cc1cccc(OC(F)(F)F)c1. The molecule has 1 rings (SSSR count). The van der Waals surface area contributed by atoms with E-state index in [0.29, 0.717) is 12.0 Å². The molecule has 1 aromatic carbocycles. The molecular formula is C12H12F3NO. The maximum atomic E-state index is 12.0. The molecule has 1 N–H and O–H groups in total. The molecule has 5 heteroatoms. The van der Waals surface area contributed by atoms with E-state index < -0.39 is 6.36 Å². The largest absolute Gasteiger partial charge is 0.573 e. The normalized spacial score (nSPS) is 10.6. The highest BCUT2D eigenvalue weighted by Gasteiger charge is 2.30. The molecule has 17 heavy (non-hydrogen) atoms. The van der Waals surface area contributed by atoms with Gasteiger partial charge >= 0.3 is 6.36 Å². The maximum Gasteiger partial charge on any atom is 0.573 e. The highest BCUT2D eigenvalue weighted by Crippen LogP contribution is 2.22. The van der Waals surface area contributed by atoms with Crippen LogP contribution in [0.3, 0.4) is 0 Å². The smallest absolute Gasteiger partial charge is 0.406 e. The van der Waals surface area contributed by atoms with Crippen molar-refractivity contribution in [1.29, 1.82) is 0 Å². The third kappa shape index (κ3) is 5.83. The van der Waals surface area contributed by atoms with E-state index in [2.05, 4.69) is 21.9 Å². The zero-order valence-electron chi connectivity index (χ0n) is 9.27. The number of ether oxygens (including phenoxy) is 1. The summed E-state index contributed by atoms with van der Waals surface area (Å²) < 4.78 is 39.7. The average molecular weight is 243 g/mol. The van der Waals surface area contributed by atoms with Crippen molar-refractivity contribution < 1.29 is 17.9 Å². The molecule has 0 unspecified atom stereocenters. The van der Waals surface area contributed by atoms with Crippen LogP contribution in [-0.2, 0) is 0 Å². The number of benzene rings is 1. The second-order valence-corrected chi connectivity index (χ2v) is 3.23. The molecule has 0 aliphatic carbocycles. The number of alkyl halides is 3. The molecule has 0 heterocycles. The summed E-state index contributed by atoms with van der Waals surface area (Å²) in [7, 11) is 1.81. The summed E-state index contributed by atoms with van der Waals surface area (Å²) in [4.78, 5) is 0. The summed E-state index contributed by atoms with van der Waals surface area (Å²) in [5.41, 5.74) is 0.503. The van der Waals surface area contributed by atoms with Crippen LogP contribution in [0.15, 0.2) is 24.3 Å². The van der Waals surface area contributed by atoms with E-state index in [-0.39, 0.29) is 5.75 Å². The van der Waals surface area contributed by atoms with Gasteiger partial charge in [0.25, 0.3) is 0 Å². The zero-order valence-corrected chi connectivity index (χ0v) is 9.27. The summed E-state index contributed by atoms with van der Waals surface area (Å²) in [5.74, 6) is 5.36. The standard InChI is InChI=1S/C12H12F3NO/c1-16-8-3-2-5-10-6-4-7-11(9-10)17-12(13,14)15/h4,6-7,9,16H,3,8H2,1H3. The van der Waals surface area contributed by atoms with E-state index in [1.54, 1.807) is 13.1 Å². The van der Waals surface area contributed by atoms with Gasteiger partial charge in [-0.15, -0.1) is 13.2 Å². The lowest BCUT2D eigenvalue weighted by molar-refractivity contribution is -0.274. The minimum atomic E-state index is -4.67. The van der Waals surface area contributed by atoms with E-state index in [4.69, 9.17) is 0 Å². The fraction of sp³-hybridized carbons (Fsp3) is 0.333. The second kappa shape index (κ2) is 6.16. The van der Waals surface area contributed by atoms with Crippen LogP contribution in [0.25, 0.3) is 0 Å². The number of hydrogen-bond acceptors (Lipinski definition) is 2. The zero-order chi connectivity index (χ0) is 12.7. The molecule has 0 radical (unpaired) electrons. The van der Waals surface area contributed by atoms with Crippen LogP contribution in [0.4, 0.5) is 13.2 Å². The molecule has 0 atom stereocenters. The number of hydrogen-bond donors (Lipinski definition) is 1. The van der Waals surface area contributed by atoms with Crippen molar-refractivity contribution in [2.45, 2.75) is 12.8 Å². The van der Waals surface area contributed by atoms with Gasteiger partial charge in [0.1, 0.15) is 5.75 Å². The van der Waals surface area contributed by atoms with E-state index in [1.165, 1.54) is 18.2 Å². The Morgan fingerprint density at radius 2 is 2.12 bits per heavy atom. The van der Waals surface area contributed by atoms with Gasteiger partial charge in [0, 0.05) is 18.5 Å². The summed E-state index contributed by atoms with van der Waals surface area (Å²) >= 11 is 0. The highest BCUT2D eigenvalue weighted by atomic mass is 19.4. The van der Waals surface area contributed by atoms with Crippen molar-refractivity contribution in [3.05, 3.63) is 29.8 Å². The van der Waals surface area contributed by atoms with Gasteiger partial charge in [-0.2, -0.15) is 0 Å². The van der Waals surface area contributed by atoms with Crippen LogP contribution in [0.2, 0.25) is 0 Å². The molecule has 0 fully saturated rings. The lowest BCUT2D eigenvalue weighted by Crippen LogP contribution is -2.17. The minimum absolute atomic E-state index is 0.252. The second-order valence-electron chi connectivity index (χ2n) is 3.23. The maximum absolute atomic E-state index is 12.0. The van der Waals surface area contributed by atoms with Gasteiger partial charge in [0.15, 0.2) is 0 Å². The van der Waals surface area contributed by atoms with Gasteiger partial charge < -0.3 is 10.1 Å². The molecule has 92 valence electrons. The lowest BCUT2D eigenvalue weighted by Gasteiger charge is -2.08. The van der Waals surface area contributed by atoms with Crippen molar-refractivity contribution in [3.63, 3.8) is 0 Å². The summed E-state index contributed by atoms with van der Waals surface area (Å²) in [6.07, 6.45) is -4.03. The first-order valence-electron chi connectivity index (χ1n) is 5.00. The first kappa shape index (κ1) is 13.4. The molecule has 2 nitrogen and oxygen atoms in total. The number of rotatable bonds is 3.